The fourth-order valence-corrected chi connectivity index (χ4v) is 3.78. The minimum absolute atomic E-state index is 0.0630. The molecule has 0 atom stereocenters. The predicted octanol–water partition coefficient (Wildman–Crippen LogP) is 0.723. The summed E-state index contributed by atoms with van der Waals surface area (Å²) in [6, 6.07) is -0.363. The van der Waals surface area contributed by atoms with Crippen molar-refractivity contribution in [1.29, 1.82) is 0 Å². The average Bonchev–Trinajstić information content (AvgIpc) is 2.93. The van der Waals surface area contributed by atoms with Crippen molar-refractivity contribution in [3.63, 3.8) is 0 Å². The van der Waals surface area contributed by atoms with Gasteiger partial charge in [-0.2, -0.15) is 0 Å². The van der Waals surface area contributed by atoms with Gasteiger partial charge in [-0.1, -0.05) is 11.8 Å². The van der Waals surface area contributed by atoms with Gasteiger partial charge in [0.15, 0.2) is 4.34 Å². The normalized spacial score (nSPS) is 14.4. The van der Waals surface area contributed by atoms with E-state index >= 15 is 0 Å². The van der Waals surface area contributed by atoms with Crippen LogP contribution in [0, 0.1) is 6.92 Å². The molecular weight excluding hydrogens is 302 g/mol. The third-order valence-electron chi connectivity index (χ3n) is 2.66. The number of nitrogens with zero attached hydrogens (tertiary/aromatic N) is 2. The topological polar surface area (TPSA) is 99.6 Å². The number of aliphatic carboxylic acids is 1. The molecule has 2 N–H and O–H groups in total. The summed E-state index contributed by atoms with van der Waals surface area (Å²) in [6.45, 7) is 2.61. The van der Waals surface area contributed by atoms with E-state index in [0.717, 1.165) is 0 Å². The Hall–Kier alpha value is -1.61. The second-order valence-corrected chi connectivity index (χ2v) is 6.43. The molecule has 0 saturated carbocycles. The molecule has 7 nitrogen and oxygen atoms in total. The summed E-state index contributed by atoms with van der Waals surface area (Å²) >= 11 is 2.50. The number of nitrogens with one attached hydrogen (secondary N) is 1. The summed E-state index contributed by atoms with van der Waals surface area (Å²) in [5, 5.41) is 11.3. The van der Waals surface area contributed by atoms with Crippen LogP contribution >= 0.6 is 23.1 Å². The van der Waals surface area contributed by atoms with E-state index in [1.807, 2.05) is 0 Å². The lowest BCUT2D eigenvalue weighted by atomic mass is 10.3. The number of carbonyl (C=O) groups is 3. The molecule has 0 radical (unpaired) electrons. The number of carboxylic acid groups (broad SMARTS) is 1. The number of hydrogen-bond donors (Lipinski definition) is 2. The summed E-state index contributed by atoms with van der Waals surface area (Å²) in [4.78, 5) is 39.9. The zero-order valence-corrected chi connectivity index (χ0v) is 12.3. The number of carboxylic acids is 1. The van der Waals surface area contributed by atoms with Gasteiger partial charge < -0.3 is 10.4 Å². The summed E-state index contributed by atoms with van der Waals surface area (Å²) in [6.07, 6.45) is -0.0630. The monoisotopic (exact) mass is 315 g/mol. The summed E-state index contributed by atoms with van der Waals surface area (Å²) in [7, 11) is 0. The first-order valence-corrected chi connectivity index (χ1v) is 7.66. The van der Waals surface area contributed by atoms with Crippen molar-refractivity contribution < 1.29 is 19.5 Å². The van der Waals surface area contributed by atoms with E-state index in [-0.39, 0.29) is 24.1 Å². The van der Waals surface area contributed by atoms with Gasteiger partial charge in [0.05, 0.1) is 17.9 Å². The molecule has 0 unspecified atom stereocenters. The lowest BCUT2D eigenvalue weighted by molar-refractivity contribution is -0.136. The van der Waals surface area contributed by atoms with Crippen LogP contribution in [0.15, 0.2) is 4.34 Å². The molecule has 0 aliphatic carbocycles. The van der Waals surface area contributed by atoms with Crippen LogP contribution in [0.3, 0.4) is 0 Å². The van der Waals surface area contributed by atoms with Crippen LogP contribution in [-0.4, -0.2) is 51.7 Å². The molecule has 0 aromatic carbocycles. The zero-order chi connectivity index (χ0) is 14.7. The minimum atomic E-state index is -0.905. The summed E-state index contributed by atoms with van der Waals surface area (Å²) in [5.41, 5.74) is 0.672. The largest absolute Gasteiger partial charge is 0.481 e. The maximum absolute atomic E-state index is 11.8. The van der Waals surface area contributed by atoms with Crippen molar-refractivity contribution in [2.75, 3.05) is 18.8 Å². The van der Waals surface area contributed by atoms with E-state index in [0.29, 0.717) is 28.0 Å². The average molecular weight is 315 g/mol. The number of aryl methyl sites for hydroxylation is 1. The van der Waals surface area contributed by atoms with Gasteiger partial charge in [0.1, 0.15) is 0 Å². The number of imide groups is 1. The molecule has 108 valence electrons. The van der Waals surface area contributed by atoms with Gasteiger partial charge >= 0.3 is 12.0 Å². The minimum Gasteiger partial charge on any atom is -0.481 e. The second-order valence-electron chi connectivity index (χ2n) is 4.12. The van der Waals surface area contributed by atoms with Crippen molar-refractivity contribution in [2.24, 2.45) is 0 Å². The Balaban J connectivity index is 1.92. The molecule has 0 bridgehead atoms. The van der Waals surface area contributed by atoms with Gasteiger partial charge in [0, 0.05) is 18.0 Å². The Morgan fingerprint density at radius 1 is 1.55 bits per heavy atom. The van der Waals surface area contributed by atoms with Crippen LogP contribution < -0.4 is 5.32 Å². The van der Waals surface area contributed by atoms with Crippen molar-refractivity contribution in [3.8, 4) is 0 Å². The fraction of sp³-hybridized carbons (Fsp3) is 0.455. The molecule has 20 heavy (non-hydrogen) atoms. The van der Waals surface area contributed by atoms with Crippen LogP contribution in [0.1, 0.15) is 10.6 Å². The molecule has 2 rings (SSSR count). The van der Waals surface area contributed by atoms with Crippen molar-refractivity contribution in [1.82, 2.24) is 15.2 Å². The molecule has 9 heteroatoms. The second kappa shape index (κ2) is 6.23. The van der Waals surface area contributed by atoms with Gasteiger partial charge in [-0.3, -0.25) is 14.5 Å². The SMILES string of the molecule is Cc1nc(SCC(=O)N2CCNC2=O)sc1CC(=O)O. The third-order valence-corrected chi connectivity index (χ3v) is 4.95. The Morgan fingerprint density at radius 2 is 2.30 bits per heavy atom. The van der Waals surface area contributed by atoms with Gasteiger partial charge in [-0.25, -0.2) is 9.78 Å². The lowest BCUT2D eigenvalue weighted by Crippen LogP contribution is -2.35. The van der Waals surface area contributed by atoms with Crippen molar-refractivity contribution >= 4 is 41.0 Å². The zero-order valence-electron chi connectivity index (χ0n) is 10.7. The maximum Gasteiger partial charge on any atom is 0.324 e. The van der Waals surface area contributed by atoms with Gasteiger partial charge in [-0.15, -0.1) is 11.3 Å². The molecular formula is C11H13N3O4S2. The number of thioether (sulfide) groups is 1. The highest BCUT2D eigenvalue weighted by Gasteiger charge is 2.26. The van der Waals surface area contributed by atoms with E-state index in [1.165, 1.54) is 28.0 Å². The van der Waals surface area contributed by atoms with E-state index in [2.05, 4.69) is 10.3 Å². The molecule has 1 aromatic rings. The van der Waals surface area contributed by atoms with Crippen molar-refractivity contribution in [3.05, 3.63) is 10.6 Å². The number of hydrogen-bond acceptors (Lipinski definition) is 6. The van der Waals surface area contributed by atoms with Gasteiger partial charge in [0.2, 0.25) is 5.91 Å². The third kappa shape index (κ3) is 3.48. The number of urea groups is 1. The molecule has 0 spiro atoms. The quantitative estimate of drug-likeness (QED) is 0.777. The van der Waals surface area contributed by atoms with E-state index < -0.39 is 5.97 Å². The van der Waals surface area contributed by atoms with Crippen LogP contribution in [0.5, 0.6) is 0 Å². The first-order valence-electron chi connectivity index (χ1n) is 5.86. The van der Waals surface area contributed by atoms with Crippen molar-refractivity contribution in [2.45, 2.75) is 17.7 Å². The number of rotatable bonds is 5. The highest BCUT2D eigenvalue weighted by Crippen LogP contribution is 2.27. The summed E-state index contributed by atoms with van der Waals surface area (Å²) < 4.78 is 0.645. The number of aromatic nitrogens is 1. The van der Waals surface area contributed by atoms with E-state index in [4.69, 9.17) is 5.11 Å². The van der Waals surface area contributed by atoms with Gasteiger partial charge in [0.25, 0.3) is 0 Å². The predicted molar refractivity (Wildman–Crippen MR) is 74.0 cm³/mol. The van der Waals surface area contributed by atoms with Crippen LogP contribution in [0.2, 0.25) is 0 Å². The standard InChI is InChI=1S/C11H13N3O4S2/c1-6-7(4-9(16)17)20-11(13-6)19-5-8(15)14-3-2-12-10(14)18/h2-5H2,1H3,(H,12,18)(H,16,17). The Morgan fingerprint density at radius 3 is 2.90 bits per heavy atom. The molecule has 1 aromatic heterocycles. The molecule has 1 fully saturated rings. The maximum atomic E-state index is 11.8. The Bertz CT molecular complexity index is 558. The first kappa shape index (κ1) is 14.8. The molecule has 1 aliphatic rings. The van der Waals surface area contributed by atoms with Crippen LogP contribution in [0.4, 0.5) is 4.79 Å². The molecule has 1 saturated heterocycles. The van der Waals surface area contributed by atoms with E-state index in [1.54, 1.807) is 6.92 Å². The number of thiazole rings is 1. The highest BCUT2D eigenvalue weighted by molar-refractivity contribution is 8.01. The molecule has 2 heterocycles. The lowest BCUT2D eigenvalue weighted by Gasteiger charge is -2.10. The van der Waals surface area contributed by atoms with E-state index in [9.17, 15) is 14.4 Å². The number of amides is 3. The van der Waals surface area contributed by atoms with Gasteiger partial charge in [-0.05, 0) is 6.92 Å². The summed E-state index contributed by atoms with van der Waals surface area (Å²) in [5.74, 6) is -1.05. The molecule has 3 amide bonds. The Labute approximate surface area is 123 Å². The smallest absolute Gasteiger partial charge is 0.324 e. The highest BCUT2D eigenvalue weighted by atomic mass is 32.2. The van der Waals surface area contributed by atoms with Crippen LogP contribution in [0.25, 0.3) is 0 Å². The Kier molecular flexibility index (Phi) is 4.61. The van der Waals surface area contributed by atoms with Crippen LogP contribution in [-0.2, 0) is 16.0 Å². The fourth-order valence-electron chi connectivity index (χ4n) is 1.68. The molecule has 1 aliphatic heterocycles. The number of carbonyl (C=O) groups excluding carboxylic acids is 2. The first-order chi connectivity index (χ1) is 9.47.